The lowest BCUT2D eigenvalue weighted by molar-refractivity contribution is 0.0323. The number of benzene rings is 3. The summed E-state index contributed by atoms with van der Waals surface area (Å²) in [4.78, 5) is 44.8. The van der Waals surface area contributed by atoms with Gasteiger partial charge < -0.3 is 19.1 Å². The van der Waals surface area contributed by atoms with Crippen LogP contribution in [0.4, 0.5) is 0 Å². The fourth-order valence-electron chi connectivity index (χ4n) is 6.03. The molecule has 5 rings (SSSR count). The zero-order chi connectivity index (χ0) is 37.9. The number of hydrogen-bond donors (Lipinski definition) is 1. The number of nitrogens with zero attached hydrogens (tertiary/aromatic N) is 4. The van der Waals surface area contributed by atoms with Gasteiger partial charge in [0.1, 0.15) is 12.4 Å². The van der Waals surface area contributed by atoms with E-state index in [1.54, 1.807) is 30.9 Å². The van der Waals surface area contributed by atoms with Gasteiger partial charge in [-0.2, -0.15) is 5.10 Å². The molecule has 1 aliphatic heterocycles. The standard InChI is InChI=1S/C39H48ClN5O7S/c1-5-8-17-44(18-9-6-2)38(47)36-35(40)27(4)45(41-36)33-16-14-29(25-32(33)39(48)51-7-3)37(46)42-53(49)30-15-13-28-11-10-12-34(31(28)26-30)52-24-21-43-19-22-50-23-20-43/h10-16,25-26H,5-9,17-24H2,1-4H3,(H,42,46). The van der Waals surface area contributed by atoms with E-state index in [1.165, 1.54) is 22.9 Å². The third kappa shape index (κ3) is 9.82. The number of amides is 2. The number of carbonyl (C=O) groups is 3. The minimum absolute atomic E-state index is 0.0324. The Morgan fingerprint density at radius 2 is 1.74 bits per heavy atom. The molecule has 1 unspecified atom stereocenters. The molecule has 1 aromatic heterocycles. The zero-order valence-corrected chi connectivity index (χ0v) is 32.4. The van der Waals surface area contributed by atoms with Crippen molar-refractivity contribution in [2.45, 2.75) is 58.3 Å². The third-order valence-electron chi connectivity index (χ3n) is 9.06. The van der Waals surface area contributed by atoms with E-state index < -0.39 is 22.9 Å². The molecule has 1 aliphatic rings. The summed E-state index contributed by atoms with van der Waals surface area (Å²) in [5.41, 5.74) is 0.930. The predicted molar refractivity (Wildman–Crippen MR) is 206 cm³/mol. The second-order valence-corrected chi connectivity index (χ2v) is 14.3. The van der Waals surface area contributed by atoms with Crippen LogP contribution in [0.3, 0.4) is 0 Å². The lowest BCUT2D eigenvalue weighted by Gasteiger charge is -2.26. The predicted octanol–water partition coefficient (Wildman–Crippen LogP) is 6.37. The van der Waals surface area contributed by atoms with E-state index in [4.69, 9.17) is 25.8 Å². The van der Waals surface area contributed by atoms with Crippen molar-refractivity contribution in [1.82, 2.24) is 24.3 Å². The van der Waals surface area contributed by atoms with Crippen molar-refractivity contribution in [3.63, 3.8) is 0 Å². The Morgan fingerprint density at radius 3 is 2.43 bits per heavy atom. The molecule has 0 saturated carbocycles. The lowest BCUT2D eigenvalue weighted by atomic mass is 10.1. The van der Waals surface area contributed by atoms with E-state index in [0.29, 0.717) is 49.2 Å². The SMILES string of the molecule is CCCCN(CCCC)C(=O)c1nn(-c2ccc(C(=O)NS(=O)c3ccc4cccc(OCCN5CCOCC5)c4c3)cc2C(=O)OCC)c(C)c1Cl. The van der Waals surface area contributed by atoms with Gasteiger partial charge in [-0.15, -0.1) is 0 Å². The Balaban J connectivity index is 1.37. The van der Waals surface area contributed by atoms with Crippen LogP contribution in [0, 0.1) is 6.92 Å². The highest BCUT2D eigenvalue weighted by Gasteiger charge is 2.27. The van der Waals surface area contributed by atoms with E-state index in [0.717, 1.165) is 56.1 Å². The molecular weight excluding hydrogens is 718 g/mol. The number of rotatable bonds is 17. The minimum Gasteiger partial charge on any atom is -0.492 e. The largest absolute Gasteiger partial charge is 0.492 e. The number of aromatic nitrogens is 2. The molecule has 53 heavy (non-hydrogen) atoms. The van der Waals surface area contributed by atoms with Crippen LogP contribution in [0.25, 0.3) is 16.5 Å². The maximum absolute atomic E-state index is 13.6. The summed E-state index contributed by atoms with van der Waals surface area (Å²) < 4.78 is 34.4. The van der Waals surface area contributed by atoms with E-state index >= 15 is 0 Å². The van der Waals surface area contributed by atoms with E-state index in [-0.39, 0.29) is 40.0 Å². The van der Waals surface area contributed by atoms with Crippen LogP contribution in [-0.2, 0) is 20.5 Å². The summed E-state index contributed by atoms with van der Waals surface area (Å²) in [5.74, 6) is -0.982. The van der Waals surface area contributed by atoms with Crippen molar-refractivity contribution >= 4 is 51.1 Å². The van der Waals surface area contributed by atoms with Crippen LogP contribution in [0.1, 0.15) is 83.4 Å². The molecule has 0 radical (unpaired) electrons. The van der Waals surface area contributed by atoms with Crippen molar-refractivity contribution in [1.29, 1.82) is 0 Å². The fourth-order valence-corrected chi connectivity index (χ4v) is 7.05. The van der Waals surface area contributed by atoms with Crippen LogP contribution in [-0.4, -0.2) is 101 Å². The maximum Gasteiger partial charge on any atom is 0.340 e. The number of esters is 1. The molecule has 2 amide bonds. The van der Waals surface area contributed by atoms with Crippen molar-refractivity contribution < 1.29 is 32.8 Å². The highest BCUT2D eigenvalue weighted by Crippen LogP contribution is 2.29. The van der Waals surface area contributed by atoms with Gasteiger partial charge in [0.2, 0.25) is 0 Å². The summed E-state index contributed by atoms with van der Waals surface area (Å²) in [6, 6.07) is 15.4. The molecule has 1 fully saturated rings. The average molecular weight is 766 g/mol. The Kier molecular flexibility index (Phi) is 14.4. The topological polar surface area (TPSA) is 132 Å². The molecule has 14 heteroatoms. The first-order valence-electron chi connectivity index (χ1n) is 18.2. The molecule has 1 atom stereocenters. The first-order valence-corrected chi connectivity index (χ1v) is 19.7. The van der Waals surface area contributed by atoms with Gasteiger partial charge in [-0.3, -0.25) is 19.2 Å². The van der Waals surface area contributed by atoms with E-state index in [2.05, 4.69) is 28.6 Å². The van der Waals surface area contributed by atoms with Crippen molar-refractivity contribution in [3.8, 4) is 11.4 Å². The zero-order valence-electron chi connectivity index (χ0n) is 30.8. The van der Waals surface area contributed by atoms with Gasteiger partial charge in [-0.1, -0.05) is 56.5 Å². The van der Waals surface area contributed by atoms with E-state index in [9.17, 15) is 18.6 Å². The normalized spacial score (nSPS) is 13.8. The Labute approximate surface area is 318 Å². The third-order valence-corrected chi connectivity index (χ3v) is 10.6. The van der Waals surface area contributed by atoms with Gasteiger partial charge in [0, 0.05) is 43.7 Å². The molecule has 284 valence electrons. The van der Waals surface area contributed by atoms with Crippen molar-refractivity contribution in [2.24, 2.45) is 0 Å². The van der Waals surface area contributed by atoms with Crippen LogP contribution < -0.4 is 9.46 Å². The second-order valence-electron chi connectivity index (χ2n) is 12.8. The van der Waals surface area contributed by atoms with Crippen molar-refractivity contribution in [3.05, 3.63) is 82.1 Å². The number of carbonyl (C=O) groups excluding carboxylic acids is 3. The number of nitrogens with one attached hydrogen (secondary N) is 1. The Bertz CT molecular complexity index is 1940. The molecule has 0 aliphatic carbocycles. The van der Waals surface area contributed by atoms with Gasteiger partial charge in [0.25, 0.3) is 11.8 Å². The molecule has 0 bridgehead atoms. The van der Waals surface area contributed by atoms with Gasteiger partial charge in [-0.05, 0) is 68.5 Å². The highest BCUT2D eigenvalue weighted by atomic mass is 35.5. The molecule has 4 aromatic rings. The summed E-state index contributed by atoms with van der Waals surface area (Å²) in [6.07, 6.45) is 3.56. The lowest BCUT2D eigenvalue weighted by Crippen LogP contribution is -2.38. The molecular formula is C39H48ClN5O7S. The first-order chi connectivity index (χ1) is 25.7. The number of halogens is 1. The van der Waals surface area contributed by atoms with Crippen LogP contribution in [0.5, 0.6) is 5.75 Å². The van der Waals surface area contributed by atoms with E-state index in [1.807, 2.05) is 24.3 Å². The number of unbranched alkanes of at least 4 members (excludes halogenated alkanes) is 2. The highest BCUT2D eigenvalue weighted by molar-refractivity contribution is 7.83. The summed E-state index contributed by atoms with van der Waals surface area (Å²) >= 11 is 6.71. The quantitative estimate of drug-likeness (QED) is 0.122. The van der Waals surface area contributed by atoms with Crippen LogP contribution >= 0.6 is 11.6 Å². The fraction of sp³-hybridized carbons (Fsp3) is 0.436. The Hall–Kier alpha value is -4.30. The molecule has 2 heterocycles. The molecule has 12 nitrogen and oxygen atoms in total. The van der Waals surface area contributed by atoms with Gasteiger partial charge in [0.05, 0.1) is 46.7 Å². The summed E-state index contributed by atoms with van der Waals surface area (Å²) in [6.45, 7) is 13.2. The van der Waals surface area contributed by atoms with Gasteiger partial charge >= 0.3 is 5.97 Å². The minimum atomic E-state index is -1.94. The average Bonchev–Trinajstić information content (AvgIpc) is 3.47. The molecule has 1 saturated heterocycles. The molecule has 0 spiro atoms. The number of hydrogen-bond acceptors (Lipinski definition) is 9. The number of ether oxygens (including phenoxy) is 3. The smallest absolute Gasteiger partial charge is 0.340 e. The first kappa shape index (κ1) is 39.9. The molecule has 1 N–H and O–H groups in total. The summed E-state index contributed by atoms with van der Waals surface area (Å²) in [7, 11) is -1.94. The monoisotopic (exact) mass is 765 g/mol. The van der Waals surface area contributed by atoms with Crippen LogP contribution in [0.2, 0.25) is 5.02 Å². The molecule has 3 aromatic carbocycles. The number of morpholine rings is 1. The van der Waals surface area contributed by atoms with Gasteiger partial charge in [0.15, 0.2) is 16.7 Å². The Morgan fingerprint density at radius 1 is 1.00 bits per heavy atom. The van der Waals surface area contributed by atoms with Gasteiger partial charge in [-0.25, -0.2) is 13.7 Å². The van der Waals surface area contributed by atoms with Crippen molar-refractivity contribution in [2.75, 3.05) is 59.2 Å². The maximum atomic E-state index is 13.6. The second kappa shape index (κ2) is 19.2. The number of fused-ring (bicyclic) bond motifs is 1. The summed E-state index contributed by atoms with van der Waals surface area (Å²) in [5, 5.41) is 6.44. The van der Waals surface area contributed by atoms with Crippen LogP contribution in [0.15, 0.2) is 59.5 Å².